The smallest absolute Gasteiger partial charge is 0.231 e. The van der Waals surface area contributed by atoms with Gasteiger partial charge in [-0.05, 0) is 49.7 Å². The molecular formula is C21H21N3O3S. The summed E-state index contributed by atoms with van der Waals surface area (Å²) in [5, 5.41) is 3.41. The number of benzene rings is 2. The molecule has 2 aromatic carbocycles. The van der Waals surface area contributed by atoms with Gasteiger partial charge in [-0.15, -0.1) is 0 Å². The zero-order valence-corrected chi connectivity index (χ0v) is 16.6. The third-order valence-corrected chi connectivity index (χ3v) is 5.64. The van der Waals surface area contributed by atoms with Crippen LogP contribution in [0.25, 0.3) is 10.2 Å². The number of fused-ring (bicyclic) bond motifs is 1. The third-order valence-electron chi connectivity index (χ3n) is 4.71. The average molecular weight is 395 g/mol. The molecule has 2 heterocycles. The third kappa shape index (κ3) is 3.71. The number of nitrogens with one attached hydrogen (secondary N) is 1. The topological polar surface area (TPSA) is 71.5 Å². The number of hydrogen-bond donors (Lipinski definition) is 1. The Morgan fingerprint density at radius 3 is 2.96 bits per heavy atom. The summed E-state index contributed by atoms with van der Waals surface area (Å²) in [7, 11) is 0. The molecule has 28 heavy (non-hydrogen) atoms. The number of amides is 2. The van der Waals surface area contributed by atoms with Crippen LogP contribution in [0, 0.1) is 12.8 Å². The number of aryl methyl sites for hydroxylation is 1. The van der Waals surface area contributed by atoms with Crippen molar-refractivity contribution in [2.24, 2.45) is 5.92 Å². The van der Waals surface area contributed by atoms with Crippen molar-refractivity contribution >= 4 is 44.2 Å². The van der Waals surface area contributed by atoms with E-state index in [0.717, 1.165) is 27.2 Å². The van der Waals surface area contributed by atoms with Crippen LogP contribution in [0.15, 0.2) is 42.5 Å². The fraction of sp³-hybridized carbons (Fsp3) is 0.286. The largest absolute Gasteiger partial charge is 0.494 e. The summed E-state index contributed by atoms with van der Waals surface area (Å²) in [6.45, 7) is 4.90. The Morgan fingerprint density at radius 2 is 2.18 bits per heavy atom. The molecular weight excluding hydrogens is 374 g/mol. The van der Waals surface area contributed by atoms with E-state index in [9.17, 15) is 9.59 Å². The number of carbonyl (C=O) groups is 2. The highest BCUT2D eigenvalue weighted by molar-refractivity contribution is 7.22. The second kappa shape index (κ2) is 7.59. The Kier molecular flexibility index (Phi) is 5.00. The lowest BCUT2D eigenvalue weighted by Crippen LogP contribution is -2.28. The van der Waals surface area contributed by atoms with Crippen LogP contribution in [0.3, 0.4) is 0 Å². The van der Waals surface area contributed by atoms with Gasteiger partial charge in [-0.1, -0.05) is 23.5 Å². The number of ether oxygens (including phenoxy) is 1. The number of nitrogens with zero attached hydrogens (tertiary/aromatic N) is 2. The maximum atomic E-state index is 12.7. The first-order chi connectivity index (χ1) is 13.5. The summed E-state index contributed by atoms with van der Waals surface area (Å²) in [5.74, 6) is 0.190. The zero-order chi connectivity index (χ0) is 19.7. The van der Waals surface area contributed by atoms with Crippen molar-refractivity contribution in [3.05, 3.63) is 48.0 Å². The summed E-state index contributed by atoms with van der Waals surface area (Å²) in [6.07, 6.45) is 0.207. The van der Waals surface area contributed by atoms with E-state index in [1.54, 1.807) is 4.90 Å². The van der Waals surface area contributed by atoms with Gasteiger partial charge >= 0.3 is 0 Å². The van der Waals surface area contributed by atoms with E-state index in [1.807, 2.05) is 56.3 Å². The van der Waals surface area contributed by atoms with Crippen molar-refractivity contribution in [3.63, 3.8) is 0 Å². The Morgan fingerprint density at radius 1 is 1.32 bits per heavy atom. The zero-order valence-electron chi connectivity index (χ0n) is 15.8. The monoisotopic (exact) mass is 395 g/mol. The van der Waals surface area contributed by atoms with Crippen molar-refractivity contribution in [2.75, 3.05) is 23.4 Å². The highest BCUT2D eigenvalue weighted by Gasteiger charge is 2.35. The van der Waals surface area contributed by atoms with Gasteiger partial charge in [0.15, 0.2) is 5.13 Å². The molecule has 0 radical (unpaired) electrons. The van der Waals surface area contributed by atoms with Gasteiger partial charge in [0, 0.05) is 18.7 Å². The average Bonchev–Trinajstić information content (AvgIpc) is 3.24. The first-order valence-electron chi connectivity index (χ1n) is 9.25. The SMILES string of the molecule is CCOc1ccc2nc(NC(=O)C3CC(=O)N(c4cccc(C)c4)C3)sc2c1. The van der Waals surface area contributed by atoms with Gasteiger partial charge in [-0.3, -0.25) is 9.59 Å². The highest BCUT2D eigenvalue weighted by atomic mass is 32.1. The van der Waals surface area contributed by atoms with Gasteiger partial charge in [-0.2, -0.15) is 0 Å². The Bertz CT molecular complexity index is 1050. The molecule has 0 aliphatic carbocycles. The maximum absolute atomic E-state index is 12.7. The molecule has 1 saturated heterocycles. The standard InChI is InChI=1S/C21H21N3O3S/c1-3-27-16-7-8-17-18(11-16)28-21(22-17)23-20(26)14-10-19(25)24(12-14)15-6-4-5-13(2)9-15/h4-9,11,14H,3,10,12H2,1-2H3,(H,22,23,26). The minimum atomic E-state index is -0.390. The molecule has 0 bridgehead atoms. The maximum Gasteiger partial charge on any atom is 0.231 e. The molecule has 0 spiro atoms. The normalized spacial score (nSPS) is 16.6. The molecule has 0 saturated carbocycles. The number of hydrogen-bond acceptors (Lipinski definition) is 5. The van der Waals surface area contributed by atoms with E-state index in [1.165, 1.54) is 11.3 Å². The molecule has 3 aromatic rings. The molecule has 2 amide bonds. The number of thiazole rings is 1. The molecule has 1 aliphatic heterocycles. The summed E-state index contributed by atoms with van der Waals surface area (Å²) in [6, 6.07) is 13.4. The molecule has 4 rings (SSSR count). The number of rotatable bonds is 5. The van der Waals surface area contributed by atoms with Crippen molar-refractivity contribution in [1.82, 2.24) is 4.98 Å². The fourth-order valence-corrected chi connectivity index (χ4v) is 4.25. The molecule has 6 nitrogen and oxygen atoms in total. The Labute approximate surface area is 167 Å². The van der Waals surface area contributed by atoms with E-state index in [-0.39, 0.29) is 24.2 Å². The van der Waals surface area contributed by atoms with E-state index in [2.05, 4.69) is 10.3 Å². The summed E-state index contributed by atoms with van der Waals surface area (Å²) in [4.78, 5) is 31.3. The number of anilines is 2. The molecule has 1 aliphatic rings. The van der Waals surface area contributed by atoms with Crippen molar-refractivity contribution in [3.8, 4) is 5.75 Å². The van der Waals surface area contributed by atoms with E-state index >= 15 is 0 Å². The summed E-state index contributed by atoms with van der Waals surface area (Å²) >= 11 is 1.40. The second-order valence-corrected chi connectivity index (χ2v) is 7.85. The molecule has 1 fully saturated rings. The van der Waals surface area contributed by atoms with Crippen LogP contribution in [0.5, 0.6) is 5.75 Å². The van der Waals surface area contributed by atoms with Gasteiger partial charge in [0.2, 0.25) is 11.8 Å². The van der Waals surface area contributed by atoms with Crippen molar-refractivity contribution in [2.45, 2.75) is 20.3 Å². The van der Waals surface area contributed by atoms with E-state index in [0.29, 0.717) is 18.3 Å². The Balaban J connectivity index is 1.46. The van der Waals surface area contributed by atoms with Crippen molar-refractivity contribution < 1.29 is 14.3 Å². The molecule has 1 atom stereocenters. The van der Waals surface area contributed by atoms with Crippen LogP contribution in [0.2, 0.25) is 0 Å². The lowest BCUT2D eigenvalue weighted by Gasteiger charge is -2.17. The first-order valence-corrected chi connectivity index (χ1v) is 10.1. The molecule has 1 unspecified atom stereocenters. The predicted octanol–water partition coefficient (Wildman–Crippen LogP) is 4.00. The second-order valence-electron chi connectivity index (χ2n) is 6.82. The van der Waals surface area contributed by atoms with Gasteiger partial charge < -0.3 is 15.0 Å². The van der Waals surface area contributed by atoms with Gasteiger partial charge in [0.05, 0.1) is 22.7 Å². The van der Waals surface area contributed by atoms with Crippen LogP contribution in [0.1, 0.15) is 18.9 Å². The molecule has 144 valence electrons. The number of carbonyl (C=O) groups excluding carboxylic acids is 2. The fourth-order valence-electron chi connectivity index (χ4n) is 3.35. The number of aromatic nitrogens is 1. The lowest BCUT2D eigenvalue weighted by molar-refractivity contribution is -0.122. The van der Waals surface area contributed by atoms with Gasteiger partial charge in [0.1, 0.15) is 5.75 Å². The van der Waals surface area contributed by atoms with Crippen LogP contribution >= 0.6 is 11.3 Å². The molecule has 1 N–H and O–H groups in total. The quantitative estimate of drug-likeness (QED) is 0.709. The van der Waals surface area contributed by atoms with Crippen LogP contribution < -0.4 is 15.0 Å². The van der Waals surface area contributed by atoms with E-state index < -0.39 is 0 Å². The minimum Gasteiger partial charge on any atom is -0.494 e. The lowest BCUT2D eigenvalue weighted by atomic mass is 10.1. The molecule has 1 aromatic heterocycles. The minimum absolute atomic E-state index is 0.0311. The first kappa shape index (κ1) is 18.4. The van der Waals surface area contributed by atoms with Gasteiger partial charge in [-0.25, -0.2) is 4.98 Å². The van der Waals surface area contributed by atoms with Crippen LogP contribution in [-0.2, 0) is 9.59 Å². The Hall–Kier alpha value is -2.93. The highest BCUT2D eigenvalue weighted by Crippen LogP contribution is 2.31. The summed E-state index contributed by atoms with van der Waals surface area (Å²) in [5.41, 5.74) is 2.73. The van der Waals surface area contributed by atoms with Crippen molar-refractivity contribution in [1.29, 1.82) is 0 Å². The van der Waals surface area contributed by atoms with Gasteiger partial charge in [0.25, 0.3) is 0 Å². The van der Waals surface area contributed by atoms with Crippen LogP contribution in [-0.4, -0.2) is 29.9 Å². The van der Waals surface area contributed by atoms with Crippen LogP contribution in [0.4, 0.5) is 10.8 Å². The predicted molar refractivity (Wildman–Crippen MR) is 111 cm³/mol. The molecule has 7 heteroatoms. The van der Waals surface area contributed by atoms with E-state index in [4.69, 9.17) is 4.74 Å². The summed E-state index contributed by atoms with van der Waals surface area (Å²) < 4.78 is 6.46.